The quantitative estimate of drug-likeness (QED) is 0.498. The van der Waals surface area contributed by atoms with E-state index in [2.05, 4.69) is 16.0 Å². The molecule has 2 aromatic carbocycles. The molecule has 10 heteroatoms. The molecule has 1 unspecified atom stereocenters. The average molecular weight is 468 g/mol. The number of nitrogens with one attached hydrogen (secondary N) is 3. The van der Waals surface area contributed by atoms with E-state index in [0.717, 1.165) is 0 Å². The van der Waals surface area contributed by atoms with E-state index in [0.29, 0.717) is 22.9 Å². The van der Waals surface area contributed by atoms with Gasteiger partial charge in [-0.3, -0.25) is 14.9 Å². The standard InChI is InChI=1S/C20H19Cl2N3O4S/c21-13-2-1-3-14(22)17(13)19(27)24-12-6-4-11(5-7-12)8-15(20(28)29)25-18(26)16-9-30-10-23-16/h1-7,15-16,23H,8-10H2,(H,24,27)(H,25,26)(H,28,29)/t15-,16?/m0/s1. The van der Waals surface area contributed by atoms with Gasteiger partial charge in [0.15, 0.2) is 0 Å². The average Bonchev–Trinajstić information content (AvgIpc) is 3.23. The van der Waals surface area contributed by atoms with Gasteiger partial charge in [-0.05, 0) is 29.8 Å². The summed E-state index contributed by atoms with van der Waals surface area (Å²) in [6.45, 7) is 0. The van der Waals surface area contributed by atoms with E-state index in [4.69, 9.17) is 23.2 Å². The molecule has 1 heterocycles. The summed E-state index contributed by atoms with van der Waals surface area (Å²) in [7, 11) is 0. The fraction of sp³-hybridized carbons (Fsp3) is 0.250. The minimum absolute atomic E-state index is 0.117. The van der Waals surface area contributed by atoms with Crippen LogP contribution in [0.3, 0.4) is 0 Å². The number of hydrogen-bond acceptors (Lipinski definition) is 5. The lowest BCUT2D eigenvalue weighted by atomic mass is 10.0. The van der Waals surface area contributed by atoms with Crippen LogP contribution in [0.5, 0.6) is 0 Å². The van der Waals surface area contributed by atoms with Gasteiger partial charge in [0.25, 0.3) is 5.91 Å². The molecule has 2 amide bonds. The van der Waals surface area contributed by atoms with E-state index in [9.17, 15) is 19.5 Å². The number of carbonyl (C=O) groups excluding carboxylic acids is 2. The Morgan fingerprint density at radius 2 is 1.80 bits per heavy atom. The second-order valence-electron chi connectivity index (χ2n) is 6.62. The van der Waals surface area contributed by atoms with Gasteiger partial charge in [0, 0.05) is 23.7 Å². The van der Waals surface area contributed by atoms with E-state index in [1.165, 1.54) is 0 Å². The molecule has 1 aliphatic rings. The molecule has 7 nitrogen and oxygen atoms in total. The topological polar surface area (TPSA) is 108 Å². The van der Waals surface area contributed by atoms with Gasteiger partial charge in [0.2, 0.25) is 5.91 Å². The van der Waals surface area contributed by atoms with Crippen molar-refractivity contribution in [2.75, 3.05) is 16.9 Å². The zero-order valence-corrected chi connectivity index (χ0v) is 18.0. The van der Waals surface area contributed by atoms with E-state index >= 15 is 0 Å². The van der Waals surface area contributed by atoms with Crippen molar-refractivity contribution in [2.45, 2.75) is 18.5 Å². The van der Waals surface area contributed by atoms with Gasteiger partial charge in [-0.25, -0.2) is 4.79 Å². The number of carboxylic acids is 1. The predicted molar refractivity (Wildman–Crippen MR) is 118 cm³/mol. The summed E-state index contributed by atoms with van der Waals surface area (Å²) in [5, 5.41) is 18.2. The van der Waals surface area contributed by atoms with Gasteiger partial charge in [-0.2, -0.15) is 0 Å². The SMILES string of the molecule is O=C(Nc1ccc(C[C@H](NC(=O)C2CSCN2)C(=O)O)cc1)c1c(Cl)cccc1Cl. The fourth-order valence-electron chi connectivity index (χ4n) is 2.90. The summed E-state index contributed by atoms with van der Waals surface area (Å²) in [6, 6.07) is 10.0. The number of halogens is 2. The van der Waals surface area contributed by atoms with Gasteiger partial charge in [0.05, 0.1) is 21.7 Å². The van der Waals surface area contributed by atoms with Crippen molar-refractivity contribution in [1.29, 1.82) is 0 Å². The molecule has 0 radical (unpaired) electrons. The van der Waals surface area contributed by atoms with E-state index in [1.807, 2.05) is 0 Å². The van der Waals surface area contributed by atoms with Crippen LogP contribution >= 0.6 is 35.0 Å². The van der Waals surface area contributed by atoms with Crippen LogP contribution in [0.2, 0.25) is 10.0 Å². The highest BCUT2D eigenvalue weighted by Gasteiger charge is 2.27. The summed E-state index contributed by atoms with van der Waals surface area (Å²) < 4.78 is 0. The predicted octanol–water partition coefficient (Wildman–Crippen LogP) is 3.02. The lowest BCUT2D eigenvalue weighted by molar-refractivity contribution is -0.142. The number of rotatable bonds is 7. The van der Waals surface area contributed by atoms with Crippen LogP contribution in [-0.2, 0) is 16.0 Å². The van der Waals surface area contributed by atoms with Crippen LogP contribution in [0.25, 0.3) is 0 Å². The maximum Gasteiger partial charge on any atom is 0.326 e. The van der Waals surface area contributed by atoms with Gasteiger partial charge >= 0.3 is 5.97 Å². The van der Waals surface area contributed by atoms with Crippen LogP contribution in [0, 0.1) is 0 Å². The number of benzene rings is 2. The first-order valence-electron chi connectivity index (χ1n) is 9.03. The number of anilines is 1. The Morgan fingerprint density at radius 3 is 2.37 bits per heavy atom. The lowest BCUT2D eigenvalue weighted by Crippen LogP contribution is -2.50. The third kappa shape index (κ3) is 5.66. The second-order valence-corrected chi connectivity index (χ2v) is 8.47. The molecule has 4 N–H and O–H groups in total. The number of aliphatic carboxylic acids is 1. The minimum atomic E-state index is -1.11. The number of carboxylic acid groups (broad SMARTS) is 1. The third-order valence-corrected chi connectivity index (χ3v) is 6.06. The van der Waals surface area contributed by atoms with Crippen molar-refractivity contribution in [1.82, 2.24) is 10.6 Å². The summed E-state index contributed by atoms with van der Waals surface area (Å²) in [6.07, 6.45) is 0.117. The minimum Gasteiger partial charge on any atom is -0.480 e. The molecule has 0 saturated carbocycles. The molecule has 0 aromatic heterocycles. The maximum absolute atomic E-state index is 12.4. The highest BCUT2D eigenvalue weighted by atomic mass is 35.5. The highest BCUT2D eigenvalue weighted by Crippen LogP contribution is 2.25. The van der Waals surface area contributed by atoms with Crippen molar-refractivity contribution >= 4 is 58.4 Å². The van der Waals surface area contributed by atoms with E-state index < -0.39 is 17.9 Å². The Bertz CT molecular complexity index is 929. The molecular formula is C20H19Cl2N3O4S. The van der Waals surface area contributed by atoms with Crippen LogP contribution in [0.4, 0.5) is 5.69 Å². The largest absolute Gasteiger partial charge is 0.480 e. The van der Waals surface area contributed by atoms with E-state index in [-0.39, 0.29) is 34.0 Å². The second kappa shape index (κ2) is 10.2. The number of hydrogen-bond donors (Lipinski definition) is 4. The number of carbonyl (C=O) groups is 3. The van der Waals surface area contributed by atoms with Crippen LogP contribution in [-0.4, -0.2) is 46.6 Å². The summed E-state index contributed by atoms with van der Waals surface area (Å²) >= 11 is 13.7. The van der Waals surface area contributed by atoms with Crippen LogP contribution in [0.15, 0.2) is 42.5 Å². The normalized spacial score (nSPS) is 16.7. The number of amides is 2. The number of thioether (sulfide) groups is 1. The van der Waals surface area contributed by atoms with Crippen LogP contribution < -0.4 is 16.0 Å². The van der Waals surface area contributed by atoms with Crippen molar-refractivity contribution in [3.63, 3.8) is 0 Å². The first kappa shape index (κ1) is 22.4. The third-order valence-electron chi connectivity index (χ3n) is 4.49. The first-order chi connectivity index (χ1) is 14.3. The smallest absolute Gasteiger partial charge is 0.326 e. The van der Waals surface area contributed by atoms with Crippen molar-refractivity contribution < 1.29 is 19.5 Å². The van der Waals surface area contributed by atoms with Gasteiger partial charge in [0.1, 0.15) is 6.04 Å². The summed E-state index contributed by atoms with van der Waals surface area (Å²) in [5.41, 5.74) is 1.38. The van der Waals surface area contributed by atoms with Gasteiger partial charge < -0.3 is 15.7 Å². The molecule has 0 bridgehead atoms. The van der Waals surface area contributed by atoms with Gasteiger partial charge in [-0.1, -0.05) is 41.4 Å². The maximum atomic E-state index is 12.4. The monoisotopic (exact) mass is 467 g/mol. The molecular weight excluding hydrogens is 449 g/mol. The molecule has 0 aliphatic carbocycles. The Hall–Kier alpha value is -2.26. The zero-order valence-electron chi connectivity index (χ0n) is 15.7. The first-order valence-corrected chi connectivity index (χ1v) is 10.9. The van der Waals surface area contributed by atoms with Crippen LogP contribution in [0.1, 0.15) is 15.9 Å². The van der Waals surface area contributed by atoms with Crippen molar-refractivity contribution in [3.05, 3.63) is 63.6 Å². The van der Waals surface area contributed by atoms with E-state index in [1.54, 1.807) is 54.2 Å². The molecule has 1 aliphatic heterocycles. The molecule has 0 spiro atoms. The lowest BCUT2D eigenvalue weighted by Gasteiger charge is -2.17. The molecule has 3 rings (SSSR count). The summed E-state index contributed by atoms with van der Waals surface area (Å²) in [4.78, 5) is 36.2. The summed E-state index contributed by atoms with van der Waals surface area (Å²) in [5.74, 6) is -0.603. The zero-order chi connectivity index (χ0) is 21.7. The molecule has 2 atom stereocenters. The van der Waals surface area contributed by atoms with Gasteiger partial charge in [-0.15, -0.1) is 11.8 Å². The molecule has 30 heavy (non-hydrogen) atoms. The molecule has 1 fully saturated rings. The molecule has 2 aromatic rings. The Labute approximate surface area is 187 Å². The Kier molecular flexibility index (Phi) is 7.60. The Morgan fingerprint density at radius 1 is 1.13 bits per heavy atom. The van der Waals surface area contributed by atoms with Crippen molar-refractivity contribution in [3.8, 4) is 0 Å². The van der Waals surface area contributed by atoms with Crippen molar-refractivity contribution in [2.24, 2.45) is 0 Å². The molecule has 158 valence electrons. The Balaban J connectivity index is 1.63. The highest BCUT2D eigenvalue weighted by molar-refractivity contribution is 7.99. The fourth-order valence-corrected chi connectivity index (χ4v) is 4.42. The molecule has 1 saturated heterocycles.